The van der Waals surface area contributed by atoms with Gasteiger partial charge in [0.05, 0.1) is 0 Å². The maximum absolute atomic E-state index is 2.65. The van der Waals surface area contributed by atoms with E-state index in [-0.39, 0.29) is 0 Å². The molecule has 7 unspecified atom stereocenters. The monoisotopic (exact) mass is 331 g/mol. The Morgan fingerprint density at radius 1 is 1.04 bits per heavy atom. The van der Waals surface area contributed by atoms with Gasteiger partial charge in [-0.3, -0.25) is 4.90 Å². The summed E-state index contributed by atoms with van der Waals surface area (Å²) in [7, 11) is 2.35. The molecule has 0 bridgehead atoms. The zero-order valence-corrected chi connectivity index (χ0v) is 17.1. The maximum atomic E-state index is 2.65. The van der Waals surface area contributed by atoms with Gasteiger partial charge in [-0.15, -0.1) is 0 Å². The van der Waals surface area contributed by atoms with Crippen LogP contribution in [0.4, 0.5) is 0 Å². The van der Waals surface area contributed by atoms with E-state index in [1.54, 1.807) is 6.42 Å². The van der Waals surface area contributed by atoms with Crippen LogP contribution in [0.1, 0.15) is 86.0 Å². The first-order chi connectivity index (χ1) is 11.2. The van der Waals surface area contributed by atoms with E-state index in [2.05, 4.69) is 46.6 Å². The van der Waals surface area contributed by atoms with Crippen molar-refractivity contribution in [3.05, 3.63) is 0 Å². The standard InChI is InChI=1S/C23H41N/c1-15-7-8-20-21(24(20)6)16(2)11-17(15)9-10-22(3,4)12-18-13-23(5)14-19(18)23/h15-21H,7-14H2,1-6H3/t15-,16?,17?,18?,19?,20?,21+,23?,24?/m0/s1. The third-order valence-corrected chi connectivity index (χ3v) is 9.00. The van der Waals surface area contributed by atoms with Gasteiger partial charge < -0.3 is 0 Å². The molecule has 1 aliphatic heterocycles. The lowest BCUT2D eigenvalue weighted by atomic mass is 9.66. The van der Waals surface area contributed by atoms with Gasteiger partial charge >= 0.3 is 0 Å². The smallest absolute Gasteiger partial charge is 0.0277 e. The fourth-order valence-corrected chi connectivity index (χ4v) is 7.10. The molecule has 1 heteroatoms. The average molecular weight is 332 g/mol. The summed E-state index contributed by atoms with van der Waals surface area (Å²) in [5.74, 6) is 5.00. The van der Waals surface area contributed by atoms with Gasteiger partial charge in [0, 0.05) is 12.1 Å². The summed E-state index contributed by atoms with van der Waals surface area (Å²) >= 11 is 0. The predicted octanol–water partition coefficient (Wildman–Crippen LogP) is 5.98. The van der Waals surface area contributed by atoms with Crippen LogP contribution in [0, 0.1) is 40.4 Å². The molecule has 1 nitrogen and oxygen atoms in total. The van der Waals surface area contributed by atoms with Gasteiger partial charge in [0.2, 0.25) is 0 Å². The van der Waals surface area contributed by atoms with Gasteiger partial charge in [0.1, 0.15) is 0 Å². The quantitative estimate of drug-likeness (QED) is 0.560. The van der Waals surface area contributed by atoms with Crippen LogP contribution in [-0.2, 0) is 0 Å². The molecule has 1 saturated heterocycles. The van der Waals surface area contributed by atoms with Gasteiger partial charge in [-0.2, -0.15) is 0 Å². The first-order valence-corrected chi connectivity index (χ1v) is 10.9. The lowest BCUT2D eigenvalue weighted by molar-refractivity contribution is 0.112. The number of hydrogen-bond acceptors (Lipinski definition) is 1. The number of rotatable bonds is 5. The summed E-state index contributed by atoms with van der Waals surface area (Å²) in [4.78, 5) is 2.65. The zero-order valence-electron chi connectivity index (χ0n) is 17.1. The molecule has 0 aromatic heterocycles. The minimum atomic E-state index is 0.568. The van der Waals surface area contributed by atoms with E-state index < -0.39 is 0 Å². The van der Waals surface area contributed by atoms with Crippen molar-refractivity contribution in [2.45, 2.75) is 98.1 Å². The predicted molar refractivity (Wildman–Crippen MR) is 103 cm³/mol. The van der Waals surface area contributed by atoms with Crippen LogP contribution in [0.5, 0.6) is 0 Å². The number of likely N-dealkylation sites (N-methyl/N-ethyl adjacent to an activating group) is 1. The molecule has 0 aromatic rings. The van der Waals surface area contributed by atoms with Crippen LogP contribution in [0.2, 0.25) is 0 Å². The lowest BCUT2D eigenvalue weighted by Crippen LogP contribution is -2.30. The Morgan fingerprint density at radius 3 is 2.42 bits per heavy atom. The summed E-state index contributed by atoms with van der Waals surface area (Å²) in [5, 5.41) is 0. The summed E-state index contributed by atoms with van der Waals surface area (Å²) in [6.07, 6.45) is 11.9. The van der Waals surface area contributed by atoms with Gasteiger partial charge in [-0.05, 0) is 98.8 Å². The van der Waals surface area contributed by atoms with E-state index in [4.69, 9.17) is 0 Å². The molecular weight excluding hydrogens is 290 g/mol. The van der Waals surface area contributed by atoms with Crippen molar-refractivity contribution in [1.82, 2.24) is 4.90 Å². The Kier molecular flexibility index (Phi) is 4.15. The van der Waals surface area contributed by atoms with Gasteiger partial charge in [0.15, 0.2) is 0 Å². The van der Waals surface area contributed by atoms with Crippen LogP contribution in [0.15, 0.2) is 0 Å². The molecule has 3 saturated carbocycles. The molecular formula is C23H41N. The molecule has 24 heavy (non-hydrogen) atoms. The Labute approximate surface area is 151 Å². The molecule has 4 rings (SSSR count). The summed E-state index contributed by atoms with van der Waals surface area (Å²) in [6, 6.07) is 1.84. The maximum Gasteiger partial charge on any atom is 0.0277 e. The minimum absolute atomic E-state index is 0.568. The second-order valence-electron chi connectivity index (χ2n) is 11.6. The van der Waals surface area contributed by atoms with Crippen molar-refractivity contribution in [2.24, 2.45) is 40.4 Å². The van der Waals surface area contributed by atoms with E-state index >= 15 is 0 Å². The SMILES string of the molecule is CC1CC(CCC(C)(C)CC2CC3(C)CC23)[C@@H](C)CCC2[C@@H]1N2C. The molecule has 9 atom stereocenters. The fraction of sp³-hybridized carbons (Fsp3) is 1.00. The van der Waals surface area contributed by atoms with Crippen molar-refractivity contribution in [3.63, 3.8) is 0 Å². The van der Waals surface area contributed by atoms with Crippen molar-refractivity contribution >= 4 is 0 Å². The highest BCUT2D eigenvalue weighted by Gasteiger charge is 2.63. The van der Waals surface area contributed by atoms with Crippen molar-refractivity contribution in [2.75, 3.05) is 7.05 Å². The first kappa shape index (κ1) is 17.4. The third kappa shape index (κ3) is 3.08. The highest BCUT2D eigenvalue weighted by atomic mass is 15.3. The summed E-state index contributed by atoms with van der Waals surface area (Å²) < 4.78 is 0. The molecule has 0 aromatic carbocycles. The number of nitrogens with zero attached hydrogens (tertiary/aromatic N) is 1. The Bertz CT molecular complexity index is 482. The van der Waals surface area contributed by atoms with Crippen LogP contribution >= 0.6 is 0 Å². The Hall–Kier alpha value is -0.0400. The summed E-state index contributed by atoms with van der Waals surface area (Å²) in [5.41, 5.74) is 1.37. The zero-order chi connectivity index (χ0) is 17.3. The first-order valence-electron chi connectivity index (χ1n) is 10.9. The second-order valence-corrected chi connectivity index (χ2v) is 11.6. The molecule has 4 fully saturated rings. The van der Waals surface area contributed by atoms with Gasteiger partial charge in [-0.1, -0.05) is 34.6 Å². The van der Waals surface area contributed by atoms with Crippen LogP contribution in [0.3, 0.4) is 0 Å². The highest BCUT2D eigenvalue weighted by Crippen LogP contribution is 2.72. The third-order valence-electron chi connectivity index (χ3n) is 9.00. The van der Waals surface area contributed by atoms with E-state index in [9.17, 15) is 0 Å². The molecule has 0 spiro atoms. The molecule has 1 heterocycles. The molecule has 0 radical (unpaired) electrons. The van der Waals surface area contributed by atoms with E-state index in [0.717, 1.165) is 47.1 Å². The lowest BCUT2D eigenvalue weighted by Gasteiger charge is -2.39. The van der Waals surface area contributed by atoms with Crippen LogP contribution in [-0.4, -0.2) is 24.0 Å². The van der Waals surface area contributed by atoms with Crippen LogP contribution < -0.4 is 0 Å². The van der Waals surface area contributed by atoms with E-state index in [1.807, 2.05) is 0 Å². The Balaban J connectivity index is 1.28. The Morgan fingerprint density at radius 2 is 1.79 bits per heavy atom. The van der Waals surface area contributed by atoms with Crippen molar-refractivity contribution < 1.29 is 0 Å². The molecule has 0 amide bonds. The van der Waals surface area contributed by atoms with E-state index in [0.29, 0.717) is 5.41 Å². The molecule has 0 N–H and O–H groups in total. The van der Waals surface area contributed by atoms with Gasteiger partial charge in [-0.25, -0.2) is 0 Å². The second kappa shape index (κ2) is 5.73. The van der Waals surface area contributed by atoms with Crippen LogP contribution in [0.25, 0.3) is 0 Å². The number of hydrogen-bond donors (Lipinski definition) is 0. The molecule has 4 aliphatic rings. The van der Waals surface area contributed by atoms with Crippen molar-refractivity contribution in [3.8, 4) is 0 Å². The highest BCUT2D eigenvalue weighted by molar-refractivity contribution is 5.13. The largest absolute Gasteiger partial charge is 0.297 e. The normalized spacial score (nSPS) is 53.2. The molecule has 138 valence electrons. The minimum Gasteiger partial charge on any atom is -0.297 e. The average Bonchev–Trinajstić information content (AvgIpc) is 3.31. The fourth-order valence-electron chi connectivity index (χ4n) is 7.10. The van der Waals surface area contributed by atoms with Gasteiger partial charge in [0.25, 0.3) is 0 Å². The van der Waals surface area contributed by atoms with Crippen molar-refractivity contribution in [1.29, 1.82) is 0 Å². The summed E-state index contributed by atoms with van der Waals surface area (Å²) in [6.45, 7) is 12.7. The molecule has 3 aliphatic carbocycles. The number of fused-ring (bicyclic) bond motifs is 2. The van der Waals surface area contributed by atoms with E-state index in [1.165, 1.54) is 44.9 Å². The topological polar surface area (TPSA) is 3.01 Å².